The van der Waals surface area contributed by atoms with Gasteiger partial charge in [0.05, 0.1) is 0 Å². The van der Waals surface area contributed by atoms with E-state index < -0.39 is 0 Å². The molecule has 0 bridgehead atoms. The predicted molar refractivity (Wildman–Crippen MR) is 103 cm³/mol. The molecular weight excluding hydrogens is 318 g/mol. The normalized spacial score (nSPS) is 15.7. The van der Waals surface area contributed by atoms with Gasteiger partial charge < -0.3 is 4.74 Å². The Labute approximate surface area is 152 Å². The summed E-state index contributed by atoms with van der Waals surface area (Å²) in [6.45, 7) is 4.27. The van der Waals surface area contributed by atoms with Crippen LogP contribution in [0, 0.1) is 5.92 Å². The molecule has 2 nitrogen and oxygen atoms in total. The first kappa shape index (κ1) is 18.8. The number of hydrogen-bond donors (Lipinski definition) is 0. The van der Waals surface area contributed by atoms with Gasteiger partial charge in [0.2, 0.25) is 0 Å². The van der Waals surface area contributed by atoms with Crippen LogP contribution < -0.4 is 4.74 Å². The van der Waals surface area contributed by atoms with E-state index in [9.17, 15) is 0 Å². The van der Waals surface area contributed by atoms with Gasteiger partial charge in [-0.05, 0) is 62.4 Å². The van der Waals surface area contributed by atoms with Gasteiger partial charge in [-0.3, -0.25) is 4.90 Å². The second-order valence-corrected chi connectivity index (χ2v) is 6.47. The smallest absolute Gasteiger partial charge is 0.119 e. The molecule has 1 aliphatic heterocycles. The van der Waals surface area contributed by atoms with Gasteiger partial charge in [0.1, 0.15) is 12.4 Å². The van der Waals surface area contributed by atoms with Gasteiger partial charge >= 0.3 is 0 Å². The van der Waals surface area contributed by atoms with Crippen LogP contribution in [0.2, 0.25) is 0 Å². The Morgan fingerprint density at radius 2 is 1.50 bits per heavy atom. The Kier molecular flexibility index (Phi) is 8.14. The van der Waals surface area contributed by atoms with E-state index in [1.165, 1.54) is 44.3 Å². The number of hydrogen-bond acceptors (Lipinski definition) is 2. The van der Waals surface area contributed by atoms with Gasteiger partial charge in [0.15, 0.2) is 0 Å². The fourth-order valence-corrected chi connectivity index (χ4v) is 3.32. The Bertz CT molecular complexity index is 553. The fraction of sp³-hybridized carbons (Fsp3) is 0.429. The molecule has 3 heteroatoms. The average Bonchev–Trinajstić information content (AvgIpc) is 2.63. The van der Waals surface area contributed by atoms with Crippen molar-refractivity contribution in [2.24, 2.45) is 5.92 Å². The maximum atomic E-state index is 5.80. The van der Waals surface area contributed by atoms with E-state index in [-0.39, 0.29) is 12.4 Å². The van der Waals surface area contributed by atoms with Crippen LogP contribution in [0.1, 0.15) is 24.8 Å². The number of rotatable bonds is 7. The Morgan fingerprint density at radius 1 is 0.875 bits per heavy atom. The molecule has 1 heterocycles. The molecule has 24 heavy (non-hydrogen) atoms. The molecule has 0 unspecified atom stereocenters. The molecule has 0 spiro atoms. The van der Waals surface area contributed by atoms with Crippen LogP contribution in [-0.4, -0.2) is 31.1 Å². The fourth-order valence-electron chi connectivity index (χ4n) is 3.32. The van der Waals surface area contributed by atoms with Crippen molar-refractivity contribution in [3.63, 3.8) is 0 Å². The Morgan fingerprint density at radius 3 is 2.17 bits per heavy atom. The third kappa shape index (κ3) is 6.18. The zero-order valence-corrected chi connectivity index (χ0v) is 15.1. The molecule has 0 aliphatic carbocycles. The van der Waals surface area contributed by atoms with Gasteiger partial charge in [0, 0.05) is 6.54 Å². The minimum atomic E-state index is 0. The highest BCUT2D eigenvalue weighted by molar-refractivity contribution is 5.85. The minimum Gasteiger partial charge on any atom is -0.492 e. The molecule has 2 aromatic rings. The number of likely N-dealkylation sites (tertiary alicyclic amines) is 1. The Balaban J connectivity index is 0.00000208. The van der Waals surface area contributed by atoms with Crippen molar-refractivity contribution in [2.75, 3.05) is 26.2 Å². The van der Waals surface area contributed by atoms with Crippen molar-refractivity contribution in [2.45, 2.75) is 25.7 Å². The highest BCUT2D eigenvalue weighted by Gasteiger charge is 2.18. The van der Waals surface area contributed by atoms with Gasteiger partial charge in [-0.25, -0.2) is 0 Å². The van der Waals surface area contributed by atoms with Crippen LogP contribution in [0.3, 0.4) is 0 Å². The van der Waals surface area contributed by atoms with Crippen LogP contribution in [0.25, 0.3) is 0 Å². The van der Waals surface area contributed by atoms with E-state index in [1.54, 1.807) is 0 Å². The molecule has 0 radical (unpaired) electrons. The van der Waals surface area contributed by atoms with Crippen molar-refractivity contribution < 1.29 is 4.74 Å². The molecule has 0 atom stereocenters. The number of benzene rings is 2. The highest BCUT2D eigenvalue weighted by Crippen LogP contribution is 2.22. The summed E-state index contributed by atoms with van der Waals surface area (Å²) >= 11 is 0. The molecule has 0 N–H and O–H groups in total. The van der Waals surface area contributed by atoms with E-state index >= 15 is 0 Å². The molecular formula is C21H28ClNO. The van der Waals surface area contributed by atoms with Gasteiger partial charge in [-0.15, -0.1) is 12.4 Å². The number of nitrogens with zero attached hydrogens (tertiary/aromatic N) is 1. The molecule has 3 rings (SSSR count). The van der Waals surface area contributed by atoms with Crippen LogP contribution in [0.5, 0.6) is 5.75 Å². The summed E-state index contributed by atoms with van der Waals surface area (Å²) in [5.41, 5.74) is 1.48. The Hall–Kier alpha value is -1.51. The summed E-state index contributed by atoms with van der Waals surface area (Å²) in [5, 5.41) is 0. The SMILES string of the molecule is Cl.c1ccc(CCC2CCN(CCOc3ccccc3)CC2)cc1. The molecule has 0 aromatic heterocycles. The number of piperidine rings is 1. The molecule has 0 saturated carbocycles. The third-order valence-electron chi connectivity index (χ3n) is 4.81. The minimum absolute atomic E-state index is 0. The van der Waals surface area contributed by atoms with Crippen molar-refractivity contribution in [3.8, 4) is 5.75 Å². The molecule has 1 saturated heterocycles. The topological polar surface area (TPSA) is 12.5 Å². The number of halogens is 1. The first-order valence-corrected chi connectivity index (χ1v) is 8.84. The summed E-state index contributed by atoms with van der Waals surface area (Å²) < 4.78 is 5.80. The number of para-hydroxylation sites is 1. The maximum absolute atomic E-state index is 5.80. The molecule has 1 fully saturated rings. The number of ether oxygens (including phenoxy) is 1. The summed E-state index contributed by atoms with van der Waals surface area (Å²) in [7, 11) is 0. The van der Waals surface area contributed by atoms with Crippen LogP contribution in [0.15, 0.2) is 60.7 Å². The molecule has 0 amide bonds. The zero-order chi connectivity index (χ0) is 15.7. The van der Waals surface area contributed by atoms with E-state index in [1.807, 2.05) is 30.3 Å². The molecule has 2 aromatic carbocycles. The second kappa shape index (κ2) is 10.4. The van der Waals surface area contributed by atoms with E-state index in [2.05, 4.69) is 35.2 Å². The van der Waals surface area contributed by atoms with Crippen LogP contribution in [-0.2, 0) is 6.42 Å². The van der Waals surface area contributed by atoms with Crippen molar-refractivity contribution >= 4 is 12.4 Å². The second-order valence-electron chi connectivity index (χ2n) is 6.47. The predicted octanol–water partition coefficient (Wildman–Crippen LogP) is 4.83. The van der Waals surface area contributed by atoms with Gasteiger partial charge in [-0.1, -0.05) is 48.5 Å². The average molecular weight is 346 g/mol. The van der Waals surface area contributed by atoms with E-state index in [4.69, 9.17) is 4.74 Å². The number of aryl methyl sites for hydroxylation is 1. The third-order valence-corrected chi connectivity index (χ3v) is 4.81. The van der Waals surface area contributed by atoms with Gasteiger partial charge in [-0.2, -0.15) is 0 Å². The van der Waals surface area contributed by atoms with Gasteiger partial charge in [0.25, 0.3) is 0 Å². The zero-order valence-electron chi connectivity index (χ0n) is 14.3. The largest absolute Gasteiger partial charge is 0.492 e. The lowest BCUT2D eigenvalue weighted by atomic mass is 9.90. The quantitative estimate of drug-likeness (QED) is 0.712. The maximum Gasteiger partial charge on any atom is 0.119 e. The van der Waals surface area contributed by atoms with Crippen LogP contribution >= 0.6 is 12.4 Å². The summed E-state index contributed by atoms with van der Waals surface area (Å²) in [6.07, 6.45) is 5.22. The highest BCUT2D eigenvalue weighted by atomic mass is 35.5. The van der Waals surface area contributed by atoms with Crippen molar-refractivity contribution in [1.82, 2.24) is 4.90 Å². The summed E-state index contributed by atoms with van der Waals surface area (Å²) in [4.78, 5) is 2.54. The molecule has 130 valence electrons. The first-order valence-electron chi connectivity index (χ1n) is 8.84. The first-order chi connectivity index (χ1) is 11.4. The van der Waals surface area contributed by atoms with Crippen molar-refractivity contribution in [1.29, 1.82) is 0 Å². The molecule has 1 aliphatic rings. The van der Waals surface area contributed by atoms with E-state index in [0.29, 0.717) is 0 Å². The summed E-state index contributed by atoms with van der Waals surface area (Å²) in [5.74, 6) is 1.87. The summed E-state index contributed by atoms with van der Waals surface area (Å²) in [6, 6.07) is 21.0. The standard InChI is InChI=1S/C21H27NO.ClH/c1-3-7-19(8-4-1)11-12-20-13-15-22(16-14-20)17-18-23-21-9-5-2-6-10-21;/h1-10,20H,11-18H2;1H. The van der Waals surface area contributed by atoms with Crippen molar-refractivity contribution in [3.05, 3.63) is 66.2 Å². The lowest BCUT2D eigenvalue weighted by molar-refractivity contribution is 0.151. The lowest BCUT2D eigenvalue weighted by Gasteiger charge is -2.31. The monoisotopic (exact) mass is 345 g/mol. The lowest BCUT2D eigenvalue weighted by Crippen LogP contribution is -2.36. The van der Waals surface area contributed by atoms with E-state index in [0.717, 1.165) is 24.8 Å². The van der Waals surface area contributed by atoms with Crippen LogP contribution in [0.4, 0.5) is 0 Å².